The van der Waals surface area contributed by atoms with Gasteiger partial charge in [-0.15, -0.1) is 0 Å². The van der Waals surface area contributed by atoms with Crippen molar-refractivity contribution in [2.75, 3.05) is 0 Å². The molecule has 0 aliphatic carbocycles. The van der Waals surface area contributed by atoms with Crippen LogP contribution in [0.25, 0.3) is 0 Å². The largest absolute Gasteiger partial charge is 0.270 e. The van der Waals surface area contributed by atoms with E-state index in [2.05, 4.69) is 12.4 Å². The molecule has 1 aliphatic heterocycles. The fraction of sp³-hybridized carbons (Fsp3) is 0.833. The predicted molar refractivity (Wildman–Crippen MR) is 31.6 cm³/mol. The lowest BCUT2D eigenvalue weighted by Crippen LogP contribution is -1.79. The normalized spacial score (nSPS) is 19.1. The molecule has 47 valence electrons. The lowest BCUT2D eigenvalue weighted by molar-refractivity contribution is 0.400. The van der Waals surface area contributed by atoms with Crippen LogP contribution in [-0.2, 0) is 4.84 Å². The Balaban J connectivity index is 1.74. The van der Waals surface area contributed by atoms with Crippen molar-refractivity contribution in [3.63, 3.8) is 0 Å². The third-order valence-corrected chi connectivity index (χ3v) is 1.25. The first-order valence-electron chi connectivity index (χ1n) is 3.22. The van der Waals surface area contributed by atoms with Crippen molar-refractivity contribution in [1.82, 2.24) is 5.48 Å². The van der Waals surface area contributed by atoms with Crippen LogP contribution >= 0.6 is 0 Å². The zero-order valence-electron chi connectivity index (χ0n) is 5.24. The Labute approximate surface area is 50.2 Å². The molecular weight excluding hydrogens is 102 g/mol. The van der Waals surface area contributed by atoms with Gasteiger partial charge < -0.3 is 0 Å². The summed E-state index contributed by atoms with van der Waals surface area (Å²) in [6.45, 7) is 2.20. The minimum Gasteiger partial charge on any atom is -0.270 e. The minimum atomic E-state index is 1.07. The molecule has 0 spiro atoms. The summed E-state index contributed by atoms with van der Waals surface area (Å²) in [5.74, 6) is 0. The maximum atomic E-state index is 4.72. The molecule has 1 rings (SSSR count). The van der Waals surface area contributed by atoms with Crippen LogP contribution in [-0.4, -0.2) is 0 Å². The molecule has 2 nitrogen and oxygen atoms in total. The van der Waals surface area contributed by atoms with Gasteiger partial charge in [-0.3, -0.25) is 4.84 Å². The molecule has 0 unspecified atom stereocenters. The summed E-state index contributed by atoms with van der Waals surface area (Å²) in [6, 6.07) is 0. The van der Waals surface area contributed by atoms with E-state index in [4.69, 9.17) is 4.84 Å². The molecule has 0 aromatic carbocycles. The second kappa shape index (κ2) is 3.05. The van der Waals surface area contributed by atoms with Crippen molar-refractivity contribution < 1.29 is 4.84 Å². The molecule has 0 bridgehead atoms. The summed E-state index contributed by atoms with van der Waals surface area (Å²) >= 11 is 0. The van der Waals surface area contributed by atoms with E-state index in [0.717, 1.165) is 12.6 Å². The van der Waals surface area contributed by atoms with Gasteiger partial charge in [0.2, 0.25) is 6.23 Å². The predicted octanol–water partition coefficient (Wildman–Crippen LogP) is 1.59. The quantitative estimate of drug-likeness (QED) is 0.445. The van der Waals surface area contributed by atoms with E-state index in [1.807, 2.05) is 0 Å². The van der Waals surface area contributed by atoms with Gasteiger partial charge in [-0.05, 0) is 12.8 Å². The summed E-state index contributed by atoms with van der Waals surface area (Å²) < 4.78 is 0. The number of hydrogen-bond acceptors (Lipinski definition) is 2. The molecule has 2 heteroatoms. The number of unbranched alkanes of at least 4 members (excludes halogenated alkanes) is 2. The van der Waals surface area contributed by atoms with Crippen molar-refractivity contribution in [1.29, 1.82) is 0 Å². The van der Waals surface area contributed by atoms with Gasteiger partial charge in [0.1, 0.15) is 0 Å². The van der Waals surface area contributed by atoms with Gasteiger partial charge >= 0.3 is 0 Å². The highest BCUT2D eigenvalue weighted by atomic mass is 16.8. The van der Waals surface area contributed by atoms with E-state index >= 15 is 0 Å². The summed E-state index contributed by atoms with van der Waals surface area (Å²) in [7, 11) is 0. The van der Waals surface area contributed by atoms with Crippen molar-refractivity contribution in [2.24, 2.45) is 0 Å². The Kier molecular flexibility index (Phi) is 2.30. The first-order valence-corrected chi connectivity index (χ1v) is 3.22. The first-order chi connectivity index (χ1) is 3.93. The highest BCUT2D eigenvalue weighted by Crippen LogP contribution is 2.18. The van der Waals surface area contributed by atoms with Crippen molar-refractivity contribution in [3.05, 3.63) is 6.23 Å². The van der Waals surface area contributed by atoms with Crippen molar-refractivity contribution >= 4 is 0 Å². The molecule has 1 heterocycles. The fourth-order valence-electron chi connectivity index (χ4n) is 0.674. The molecule has 1 radical (unpaired) electrons. The lowest BCUT2D eigenvalue weighted by atomic mass is 10.2. The van der Waals surface area contributed by atoms with E-state index < -0.39 is 0 Å². The van der Waals surface area contributed by atoms with Crippen LogP contribution in [0.1, 0.15) is 32.6 Å². The summed E-state index contributed by atoms with van der Waals surface area (Å²) in [5, 5.41) is 0. The van der Waals surface area contributed by atoms with E-state index in [9.17, 15) is 0 Å². The molecule has 1 saturated heterocycles. The van der Waals surface area contributed by atoms with Gasteiger partial charge in [0.05, 0.1) is 0 Å². The van der Waals surface area contributed by atoms with Gasteiger partial charge in [0.25, 0.3) is 0 Å². The smallest absolute Gasteiger partial charge is 0.208 e. The molecular formula is C6H12NO. The van der Waals surface area contributed by atoms with Crippen molar-refractivity contribution in [2.45, 2.75) is 32.6 Å². The van der Waals surface area contributed by atoms with E-state index in [-0.39, 0.29) is 0 Å². The highest BCUT2D eigenvalue weighted by molar-refractivity contribution is 4.79. The number of hydrogen-bond donors (Lipinski definition) is 1. The molecule has 0 saturated carbocycles. The van der Waals surface area contributed by atoms with Crippen LogP contribution in [0.15, 0.2) is 0 Å². The average molecular weight is 114 g/mol. The van der Waals surface area contributed by atoms with Crippen LogP contribution in [0.2, 0.25) is 0 Å². The molecule has 8 heavy (non-hydrogen) atoms. The molecule has 1 fully saturated rings. The minimum absolute atomic E-state index is 1.07. The van der Waals surface area contributed by atoms with Gasteiger partial charge in [-0.25, -0.2) is 0 Å². The van der Waals surface area contributed by atoms with Gasteiger partial charge in [0.15, 0.2) is 0 Å². The monoisotopic (exact) mass is 114 g/mol. The number of rotatable bonds is 4. The molecule has 0 aromatic heterocycles. The maximum Gasteiger partial charge on any atom is 0.208 e. The van der Waals surface area contributed by atoms with E-state index in [1.54, 1.807) is 0 Å². The summed E-state index contributed by atoms with van der Waals surface area (Å²) in [6.07, 6.45) is 6.03. The standard InChI is InChI=1S/C6H12NO/c1-2-3-4-5-6-7-8-6/h7H,2-5H2,1H3. The van der Waals surface area contributed by atoms with Gasteiger partial charge in [0, 0.05) is 0 Å². The molecule has 0 aromatic rings. The van der Waals surface area contributed by atoms with Crippen LogP contribution in [0.5, 0.6) is 0 Å². The molecule has 0 amide bonds. The zero-order valence-corrected chi connectivity index (χ0v) is 5.24. The zero-order chi connectivity index (χ0) is 5.82. The molecule has 0 atom stereocenters. The Hall–Kier alpha value is -0.0800. The summed E-state index contributed by atoms with van der Waals surface area (Å²) in [4.78, 5) is 4.72. The molecule has 1 aliphatic rings. The number of hydroxylamine groups is 1. The second-order valence-corrected chi connectivity index (χ2v) is 2.08. The number of nitrogens with one attached hydrogen (secondary N) is 1. The van der Waals surface area contributed by atoms with Crippen LogP contribution < -0.4 is 5.48 Å². The average Bonchev–Trinajstić information content (AvgIpc) is 2.51. The first kappa shape index (κ1) is 6.05. The topological polar surface area (TPSA) is 34.5 Å². The Morgan fingerprint density at radius 3 is 2.75 bits per heavy atom. The highest BCUT2D eigenvalue weighted by Gasteiger charge is 2.22. The second-order valence-electron chi connectivity index (χ2n) is 2.08. The van der Waals surface area contributed by atoms with Gasteiger partial charge in [-0.2, -0.15) is 5.48 Å². The Bertz CT molecular complexity index is 61.5. The van der Waals surface area contributed by atoms with Crippen LogP contribution in [0.4, 0.5) is 0 Å². The maximum absolute atomic E-state index is 4.72. The van der Waals surface area contributed by atoms with Gasteiger partial charge in [-0.1, -0.05) is 19.8 Å². The third kappa shape index (κ3) is 2.28. The van der Waals surface area contributed by atoms with E-state index in [1.165, 1.54) is 19.3 Å². The lowest BCUT2D eigenvalue weighted by Gasteiger charge is -1.88. The van der Waals surface area contributed by atoms with Crippen molar-refractivity contribution in [3.8, 4) is 0 Å². The molecule has 1 N–H and O–H groups in total. The summed E-state index contributed by atoms with van der Waals surface area (Å²) in [5.41, 5.74) is 2.71. The van der Waals surface area contributed by atoms with E-state index in [0.29, 0.717) is 0 Å². The Morgan fingerprint density at radius 1 is 1.50 bits per heavy atom. The van der Waals surface area contributed by atoms with Crippen LogP contribution in [0, 0.1) is 6.23 Å². The fourth-order valence-corrected chi connectivity index (χ4v) is 0.674. The SMILES string of the molecule is CCCCC[C]1NO1. The van der Waals surface area contributed by atoms with Crippen LogP contribution in [0.3, 0.4) is 0 Å². The third-order valence-electron chi connectivity index (χ3n) is 1.25. The Morgan fingerprint density at radius 2 is 2.25 bits per heavy atom.